The Kier molecular flexibility index (Phi) is 4.90. The van der Waals surface area contributed by atoms with Crippen molar-refractivity contribution in [2.45, 2.75) is 38.0 Å². The van der Waals surface area contributed by atoms with Gasteiger partial charge in [0.15, 0.2) is 0 Å². The summed E-state index contributed by atoms with van der Waals surface area (Å²) in [6.07, 6.45) is 5.46. The smallest absolute Gasteiger partial charge is 0.410 e. The molecule has 0 unspecified atom stereocenters. The third kappa shape index (κ3) is 3.80. The van der Waals surface area contributed by atoms with Crippen LogP contribution in [0.2, 0.25) is 0 Å². The molecule has 2 aromatic rings. The molecular formula is C19H25N3O2S. The molecule has 4 rings (SSSR count). The number of amides is 1. The zero-order chi connectivity index (χ0) is 17.2. The molecule has 2 aliphatic heterocycles. The maximum absolute atomic E-state index is 12.3. The molecular weight excluding hydrogens is 334 g/mol. The highest BCUT2D eigenvalue weighted by atomic mass is 32.1. The van der Waals surface area contributed by atoms with Gasteiger partial charge in [-0.05, 0) is 64.4 Å². The van der Waals surface area contributed by atoms with E-state index < -0.39 is 0 Å². The second kappa shape index (κ2) is 7.30. The maximum Gasteiger partial charge on any atom is 0.415 e. The summed E-state index contributed by atoms with van der Waals surface area (Å²) in [5, 5.41) is 1.22. The quantitative estimate of drug-likeness (QED) is 0.810. The van der Waals surface area contributed by atoms with Crippen LogP contribution in [0, 0.1) is 0 Å². The van der Waals surface area contributed by atoms with E-state index in [9.17, 15) is 4.79 Å². The van der Waals surface area contributed by atoms with E-state index in [-0.39, 0.29) is 6.09 Å². The van der Waals surface area contributed by atoms with Crippen LogP contribution in [-0.2, 0) is 0 Å². The molecule has 25 heavy (non-hydrogen) atoms. The molecule has 3 heterocycles. The predicted octanol–water partition coefficient (Wildman–Crippen LogP) is 4.09. The van der Waals surface area contributed by atoms with E-state index in [2.05, 4.69) is 11.9 Å². The first-order chi connectivity index (χ1) is 12.2. The summed E-state index contributed by atoms with van der Waals surface area (Å²) in [4.78, 5) is 21.3. The number of nitrogens with zero attached hydrogens (tertiary/aromatic N) is 3. The Labute approximate surface area is 152 Å². The van der Waals surface area contributed by atoms with Crippen LogP contribution >= 0.6 is 11.3 Å². The number of thiazole rings is 1. The summed E-state index contributed by atoms with van der Waals surface area (Å²) in [7, 11) is 2.18. The first kappa shape index (κ1) is 16.8. The maximum atomic E-state index is 12.3. The number of rotatable bonds is 2. The lowest BCUT2D eigenvalue weighted by Gasteiger charge is -2.27. The van der Waals surface area contributed by atoms with E-state index >= 15 is 0 Å². The van der Waals surface area contributed by atoms with Crippen molar-refractivity contribution in [3.05, 3.63) is 23.2 Å². The van der Waals surface area contributed by atoms with Crippen LogP contribution in [-0.4, -0.2) is 54.1 Å². The molecule has 1 amide bonds. The predicted molar refractivity (Wildman–Crippen MR) is 101 cm³/mol. The molecule has 2 aliphatic rings. The van der Waals surface area contributed by atoms with Crippen molar-refractivity contribution in [2.24, 2.45) is 0 Å². The molecule has 2 saturated heterocycles. The summed E-state index contributed by atoms with van der Waals surface area (Å²) < 4.78 is 6.75. The first-order valence-corrected chi connectivity index (χ1v) is 10.1. The topological polar surface area (TPSA) is 45.7 Å². The van der Waals surface area contributed by atoms with Gasteiger partial charge in [-0.3, -0.25) is 0 Å². The molecule has 0 aliphatic carbocycles. The highest BCUT2D eigenvalue weighted by Gasteiger charge is 2.22. The van der Waals surface area contributed by atoms with E-state index in [1.807, 2.05) is 18.2 Å². The van der Waals surface area contributed by atoms with Crippen molar-refractivity contribution in [3.8, 4) is 5.75 Å². The van der Waals surface area contributed by atoms with E-state index in [0.717, 1.165) is 44.5 Å². The van der Waals surface area contributed by atoms with Gasteiger partial charge in [0.05, 0.1) is 15.2 Å². The first-order valence-electron chi connectivity index (χ1n) is 9.25. The number of hydrogen-bond acceptors (Lipinski definition) is 5. The number of carbonyl (C=O) groups is 1. The summed E-state index contributed by atoms with van der Waals surface area (Å²) in [6.45, 7) is 3.88. The second-order valence-electron chi connectivity index (χ2n) is 7.17. The Bertz CT molecular complexity index is 746. The van der Waals surface area contributed by atoms with Gasteiger partial charge in [0.25, 0.3) is 0 Å². The van der Waals surface area contributed by atoms with Crippen LogP contribution < -0.4 is 4.74 Å². The Morgan fingerprint density at radius 1 is 1.16 bits per heavy atom. The van der Waals surface area contributed by atoms with Gasteiger partial charge < -0.3 is 14.5 Å². The van der Waals surface area contributed by atoms with Crippen molar-refractivity contribution in [2.75, 3.05) is 33.2 Å². The Hall–Kier alpha value is -1.66. The molecule has 0 saturated carbocycles. The minimum atomic E-state index is -0.232. The van der Waals surface area contributed by atoms with Gasteiger partial charge >= 0.3 is 6.09 Å². The Balaban J connectivity index is 1.47. The Morgan fingerprint density at radius 2 is 1.92 bits per heavy atom. The average Bonchev–Trinajstić information content (AvgIpc) is 3.06. The highest BCUT2D eigenvalue weighted by Crippen LogP contribution is 2.34. The molecule has 5 nitrogen and oxygen atoms in total. The fourth-order valence-corrected chi connectivity index (χ4v) is 4.78. The van der Waals surface area contributed by atoms with Crippen LogP contribution in [0.25, 0.3) is 10.2 Å². The zero-order valence-electron chi connectivity index (χ0n) is 14.7. The van der Waals surface area contributed by atoms with Gasteiger partial charge in [0.1, 0.15) is 5.75 Å². The molecule has 0 radical (unpaired) electrons. The number of fused-ring (bicyclic) bond motifs is 1. The van der Waals surface area contributed by atoms with E-state index in [1.165, 1.54) is 29.0 Å². The van der Waals surface area contributed by atoms with Gasteiger partial charge in [-0.2, -0.15) is 0 Å². The fourth-order valence-electron chi connectivity index (χ4n) is 3.66. The number of piperidine rings is 2. The number of ether oxygens (including phenoxy) is 1. The summed E-state index contributed by atoms with van der Waals surface area (Å²) in [5.74, 6) is 1.16. The third-order valence-corrected chi connectivity index (χ3v) is 6.46. The zero-order valence-corrected chi connectivity index (χ0v) is 15.6. The molecule has 0 N–H and O–H groups in total. The number of aromatic nitrogens is 1. The largest absolute Gasteiger partial charge is 0.415 e. The summed E-state index contributed by atoms with van der Waals surface area (Å²) >= 11 is 1.78. The molecule has 0 bridgehead atoms. The SMILES string of the molecule is CN1CCC(c2nc3cc(OC(=O)N4CCCCC4)ccc3s2)CC1. The fraction of sp³-hybridized carbons (Fsp3) is 0.579. The lowest BCUT2D eigenvalue weighted by atomic mass is 9.98. The monoisotopic (exact) mass is 359 g/mol. The van der Waals surface area contributed by atoms with E-state index in [1.54, 1.807) is 16.2 Å². The average molecular weight is 359 g/mol. The normalized spacial score (nSPS) is 20.1. The van der Waals surface area contributed by atoms with Crippen LogP contribution in [0.3, 0.4) is 0 Å². The molecule has 134 valence electrons. The second-order valence-corrected chi connectivity index (χ2v) is 8.24. The highest BCUT2D eigenvalue weighted by molar-refractivity contribution is 7.18. The van der Waals surface area contributed by atoms with Gasteiger partial charge in [-0.15, -0.1) is 11.3 Å². The molecule has 0 spiro atoms. The lowest BCUT2D eigenvalue weighted by molar-refractivity contribution is 0.142. The summed E-state index contributed by atoms with van der Waals surface area (Å²) in [6, 6.07) is 5.83. The standard InChI is InChI=1S/C19H25N3O2S/c1-21-11-7-14(8-12-21)18-20-16-13-15(5-6-17(16)25-18)24-19(23)22-9-3-2-4-10-22/h5-6,13-14H,2-4,7-12H2,1H3. The summed E-state index contributed by atoms with van der Waals surface area (Å²) in [5.41, 5.74) is 0.947. The number of carbonyl (C=O) groups excluding carboxylic acids is 1. The van der Waals surface area contributed by atoms with Gasteiger partial charge in [0, 0.05) is 25.1 Å². The number of hydrogen-bond donors (Lipinski definition) is 0. The minimum Gasteiger partial charge on any atom is -0.410 e. The molecule has 1 aromatic carbocycles. The molecule has 6 heteroatoms. The van der Waals surface area contributed by atoms with Gasteiger partial charge in [0.2, 0.25) is 0 Å². The van der Waals surface area contributed by atoms with Crippen molar-refractivity contribution in [3.63, 3.8) is 0 Å². The minimum absolute atomic E-state index is 0.232. The lowest BCUT2D eigenvalue weighted by Crippen LogP contribution is -2.37. The molecule has 0 atom stereocenters. The van der Waals surface area contributed by atoms with Crippen molar-refractivity contribution < 1.29 is 9.53 Å². The third-order valence-electron chi connectivity index (χ3n) is 5.26. The van der Waals surface area contributed by atoms with E-state index in [0.29, 0.717) is 11.7 Å². The van der Waals surface area contributed by atoms with Gasteiger partial charge in [-0.25, -0.2) is 9.78 Å². The van der Waals surface area contributed by atoms with E-state index in [4.69, 9.17) is 9.72 Å². The molecule has 2 fully saturated rings. The van der Waals surface area contributed by atoms with Crippen LogP contribution in [0.15, 0.2) is 18.2 Å². The van der Waals surface area contributed by atoms with Crippen LogP contribution in [0.5, 0.6) is 5.75 Å². The molecule has 1 aromatic heterocycles. The number of benzene rings is 1. The van der Waals surface area contributed by atoms with Crippen molar-refractivity contribution in [1.29, 1.82) is 0 Å². The Morgan fingerprint density at radius 3 is 2.68 bits per heavy atom. The number of likely N-dealkylation sites (tertiary alicyclic amines) is 2. The van der Waals surface area contributed by atoms with Crippen molar-refractivity contribution >= 4 is 27.6 Å². The van der Waals surface area contributed by atoms with Crippen LogP contribution in [0.1, 0.15) is 43.0 Å². The van der Waals surface area contributed by atoms with Crippen molar-refractivity contribution in [1.82, 2.24) is 14.8 Å². The van der Waals surface area contributed by atoms with Crippen LogP contribution in [0.4, 0.5) is 4.79 Å². The van der Waals surface area contributed by atoms with Gasteiger partial charge in [-0.1, -0.05) is 0 Å².